The first-order chi connectivity index (χ1) is 5.33. The lowest BCUT2D eigenvalue weighted by molar-refractivity contribution is 0.300. The number of alkyl halides is 1. The highest BCUT2D eigenvalue weighted by molar-refractivity contribution is 4.74. The molecule has 0 aromatic rings. The Labute approximate surface area is 68.4 Å². The highest BCUT2D eigenvalue weighted by atomic mass is 19.1. The summed E-state index contributed by atoms with van der Waals surface area (Å²) >= 11 is 0. The molecule has 0 spiro atoms. The average molecular weight is 159 g/mol. The smallest absolute Gasteiger partial charge is 0.102 e. The van der Waals surface area contributed by atoms with E-state index in [1.165, 1.54) is 25.7 Å². The molecule has 2 heteroatoms. The van der Waals surface area contributed by atoms with Crippen LogP contribution >= 0.6 is 0 Å². The molecule has 1 aliphatic rings. The van der Waals surface area contributed by atoms with Crippen molar-refractivity contribution in [2.24, 2.45) is 5.92 Å². The van der Waals surface area contributed by atoms with Gasteiger partial charge in [0.25, 0.3) is 0 Å². The summed E-state index contributed by atoms with van der Waals surface area (Å²) in [6.45, 7) is 2.61. The van der Waals surface area contributed by atoms with Gasteiger partial charge in [-0.2, -0.15) is 0 Å². The van der Waals surface area contributed by atoms with Crippen molar-refractivity contribution < 1.29 is 4.39 Å². The fraction of sp³-hybridized carbons (Fsp3) is 1.00. The lowest BCUT2D eigenvalue weighted by atomic mass is 9.87. The van der Waals surface area contributed by atoms with E-state index >= 15 is 0 Å². The molecule has 1 N–H and O–H groups in total. The van der Waals surface area contributed by atoms with Crippen molar-refractivity contribution >= 4 is 0 Å². The zero-order valence-electron chi connectivity index (χ0n) is 7.28. The Hall–Kier alpha value is -0.110. The molecule has 66 valence electrons. The van der Waals surface area contributed by atoms with Gasteiger partial charge in [-0.3, -0.25) is 0 Å². The van der Waals surface area contributed by atoms with E-state index in [4.69, 9.17) is 0 Å². The molecule has 0 atom stereocenters. The third-order valence-corrected chi connectivity index (χ3v) is 2.54. The van der Waals surface area contributed by atoms with Crippen molar-refractivity contribution in [2.45, 2.75) is 38.6 Å². The van der Waals surface area contributed by atoms with Gasteiger partial charge in [0.2, 0.25) is 0 Å². The first-order valence-corrected chi connectivity index (χ1v) is 4.62. The maximum absolute atomic E-state index is 11.8. The van der Waals surface area contributed by atoms with Crippen LogP contribution in [0, 0.1) is 5.92 Å². The molecule has 0 amide bonds. The van der Waals surface area contributed by atoms with Crippen molar-refractivity contribution in [3.05, 3.63) is 0 Å². The minimum atomic E-state index is -0.230. The van der Waals surface area contributed by atoms with Gasteiger partial charge in [0.15, 0.2) is 0 Å². The first kappa shape index (κ1) is 8.98. The van der Waals surface area contributed by atoms with E-state index in [1.54, 1.807) is 0 Å². The molecule has 0 aliphatic heterocycles. The Kier molecular flexibility index (Phi) is 3.84. The first-order valence-electron chi connectivity index (χ1n) is 4.62. The van der Waals surface area contributed by atoms with Crippen LogP contribution in [0.25, 0.3) is 0 Å². The number of nitrogens with one attached hydrogen (secondary N) is 1. The summed E-state index contributed by atoms with van der Waals surface area (Å²) in [4.78, 5) is 0. The number of hydrogen-bond acceptors (Lipinski definition) is 1. The monoisotopic (exact) mass is 159 g/mol. The van der Waals surface area contributed by atoms with Gasteiger partial charge >= 0.3 is 0 Å². The van der Waals surface area contributed by atoms with E-state index in [2.05, 4.69) is 12.2 Å². The molecule has 1 aliphatic carbocycles. The van der Waals surface area contributed by atoms with Crippen LogP contribution < -0.4 is 5.32 Å². The molecule has 0 heterocycles. The Morgan fingerprint density at radius 1 is 1.27 bits per heavy atom. The molecule has 1 nitrogen and oxygen atoms in total. The molecule has 0 aromatic carbocycles. The Morgan fingerprint density at radius 3 is 2.45 bits per heavy atom. The number of rotatable bonds is 3. The summed E-state index contributed by atoms with van der Waals surface area (Å²) in [5.41, 5.74) is 0. The van der Waals surface area contributed by atoms with Gasteiger partial charge < -0.3 is 5.32 Å². The summed E-state index contributed by atoms with van der Waals surface area (Å²) in [6.07, 6.45) is 5.09. The van der Waals surface area contributed by atoms with Crippen LogP contribution in [-0.2, 0) is 0 Å². The lowest BCUT2D eigenvalue weighted by Gasteiger charge is -2.26. The molecule has 1 fully saturated rings. The Bertz CT molecular complexity index is 95.0. The highest BCUT2D eigenvalue weighted by Crippen LogP contribution is 2.23. The maximum atomic E-state index is 11.8. The van der Waals surface area contributed by atoms with Crippen LogP contribution in [0.1, 0.15) is 32.6 Å². The number of halogens is 1. The average Bonchev–Trinajstić information content (AvgIpc) is 2.04. The van der Waals surface area contributed by atoms with Gasteiger partial charge in [-0.1, -0.05) is 6.92 Å². The van der Waals surface area contributed by atoms with E-state index in [0.717, 1.165) is 5.92 Å². The summed E-state index contributed by atoms with van der Waals surface area (Å²) in [5, 5.41) is 3.22. The number of hydrogen-bond donors (Lipinski definition) is 1. The SMILES string of the molecule is C[C@H]1CC[C@@H](NCCF)CC1. The standard InChI is InChI=1S/C9H18FN/c1-8-2-4-9(5-3-8)11-7-6-10/h8-9,11H,2-7H2,1H3/t8-,9+. The highest BCUT2D eigenvalue weighted by Gasteiger charge is 2.16. The molecular weight excluding hydrogens is 141 g/mol. The predicted molar refractivity (Wildman–Crippen MR) is 45.4 cm³/mol. The summed E-state index contributed by atoms with van der Waals surface area (Å²) in [5.74, 6) is 0.887. The molecule has 0 radical (unpaired) electrons. The quantitative estimate of drug-likeness (QED) is 0.665. The van der Waals surface area contributed by atoms with Crippen molar-refractivity contribution in [3.8, 4) is 0 Å². The van der Waals surface area contributed by atoms with E-state index in [9.17, 15) is 4.39 Å². The molecule has 0 bridgehead atoms. The van der Waals surface area contributed by atoms with E-state index in [0.29, 0.717) is 12.6 Å². The van der Waals surface area contributed by atoms with Crippen molar-refractivity contribution in [3.63, 3.8) is 0 Å². The summed E-state index contributed by atoms with van der Waals surface area (Å²) < 4.78 is 11.8. The van der Waals surface area contributed by atoms with Gasteiger partial charge in [0.1, 0.15) is 6.67 Å². The minimum Gasteiger partial charge on any atom is -0.311 e. The van der Waals surface area contributed by atoms with Gasteiger partial charge in [0, 0.05) is 12.6 Å². The fourth-order valence-corrected chi connectivity index (χ4v) is 1.72. The molecule has 0 aromatic heterocycles. The molecule has 0 saturated heterocycles. The molecular formula is C9H18FN. The maximum Gasteiger partial charge on any atom is 0.102 e. The molecule has 1 rings (SSSR count). The topological polar surface area (TPSA) is 12.0 Å². The van der Waals surface area contributed by atoms with Crippen LogP contribution in [0.2, 0.25) is 0 Å². The second kappa shape index (κ2) is 4.70. The van der Waals surface area contributed by atoms with Gasteiger partial charge in [-0.25, -0.2) is 4.39 Å². The fourth-order valence-electron chi connectivity index (χ4n) is 1.72. The van der Waals surface area contributed by atoms with E-state index < -0.39 is 0 Å². The van der Waals surface area contributed by atoms with Crippen molar-refractivity contribution in [1.29, 1.82) is 0 Å². The summed E-state index contributed by atoms with van der Waals surface area (Å²) in [7, 11) is 0. The zero-order valence-corrected chi connectivity index (χ0v) is 7.28. The lowest BCUT2D eigenvalue weighted by Crippen LogP contribution is -2.33. The largest absolute Gasteiger partial charge is 0.311 e. The molecule has 11 heavy (non-hydrogen) atoms. The van der Waals surface area contributed by atoms with E-state index in [-0.39, 0.29) is 6.67 Å². The van der Waals surface area contributed by atoms with Crippen LogP contribution in [-0.4, -0.2) is 19.3 Å². The van der Waals surface area contributed by atoms with Gasteiger partial charge in [-0.05, 0) is 31.6 Å². The second-order valence-corrected chi connectivity index (χ2v) is 3.60. The van der Waals surface area contributed by atoms with Crippen LogP contribution in [0.5, 0.6) is 0 Å². The molecule has 1 saturated carbocycles. The third-order valence-electron chi connectivity index (χ3n) is 2.54. The Balaban J connectivity index is 2.07. The van der Waals surface area contributed by atoms with Gasteiger partial charge in [0.05, 0.1) is 0 Å². The summed E-state index contributed by atoms with van der Waals surface area (Å²) in [6, 6.07) is 0.599. The van der Waals surface area contributed by atoms with Crippen LogP contribution in [0.15, 0.2) is 0 Å². The normalized spacial score (nSPS) is 32.2. The van der Waals surface area contributed by atoms with Crippen molar-refractivity contribution in [2.75, 3.05) is 13.2 Å². The zero-order chi connectivity index (χ0) is 8.10. The van der Waals surface area contributed by atoms with Crippen LogP contribution in [0.3, 0.4) is 0 Å². The second-order valence-electron chi connectivity index (χ2n) is 3.60. The predicted octanol–water partition coefficient (Wildman–Crippen LogP) is 2.12. The van der Waals surface area contributed by atoms with E-state index in [1.807, 2.05) is 0 Å². The minimum absolute atomic E-state index is 0.230. The van der Waals surface area contributed by atoms with Gasteiger partial charge in [-0.15, -0.1) is 0 Å². The third kappa shape index (κ3) is 3.19. The van der Waals surface area contributed by atoms with Crippen molar-refractivity contribution in [1.82, 2.24) is 5.32 Å². The Morgan fingerprint density at radius 2 is 1.91 bits per heavy atom. The van der Waals surface area contributed by atoms with Crippen LogP contribution in [0.4, 0.5) is 4.39 Å². The molecule has 0 unspecified atom stereocenters.